The number of carbonyl (C=O) groups is 10. The highest BCUT2D eigenvalue weighted by atomic mass is 28.3. The lowest BCUT2D eigenvalue weighted by atomic mass is 9.79. The van der Waals surface area contributed by atoms with Crippen molar-refractivity contribution in [2.24, 2.45) is 17.8 Å². The molecular formula is C70H82O25Si5. The second-order valence-electron chi connectivity index (χ2n) is 25.4. The van der Waals surface area contributed by atoms with Crippen LogP contribution >= 0.6 is 0 Å². The van der Waals surface area contributed by atoms with Crippen LogP contribution in [0.2, 0.25) is 65.5 Å². The van der Waals surface area contributed by atoms with E-state index in [1.54, 1.807) is 60.7 Å². The number of benzene rings is 5. The van der Waals surface area contributed by atoms with E-state index < -0.39 is 165 Å². The maximum absolute atomic E-state index is 13.5. The average molecular weight is 1460 g/mol. The molecule has 0 aliphatic rings. The van der Waals surface area contributed by atoms with Crippen LogP contribution in [0.3, 0.4) is 0 Å². The van der Waals surface area contributed by atoms with Gasteiger partial charge in [-0.25, -0.2) is 72.8 Å². The highest BCUT2D eigenvalue weighted by molar-refractivity contribution is 6.95. The molecule has 0 spiro atoms. The first-order chi connectivity index (χ1) is 47.2. The molecule has 2 unspecified atom stereocenters. The maximum atomic E-state index is 13.5. The van der Waals surface area contributed by atoms with Crippen LogP contribution in [0.1, 0.15) is 64.6 Å². The third-order valence-corrected chi connectivity index (χ3v) is 30.9. The summed E-state index contributed by atoms with van der Waals surface area (Å²) in [6.45, 7) is 35.8. The first-order valence-corrected chi connectivity index (χ1v) is 46.6. The van der Waals surface area contributed by atoms with Crippen molar-refractivity contribution >= 4 is 127 Å². The van der Waals surface area contributed by atoms with Crippen LogP contribution in [0, 0.1) is 17.8 Å². The van der Waals surface area contributed by atoms with Crippen molar-refractivity contribution < 1.29 is 121 Å². The fourth-order valence-corrected chi connectivity index (χ4v) is 15.4. The Kier molecular flexibility index (Phi) is 29.7. The van der Waals surface area contributed by atoms with Gasteiger partial charge in [-0.1, -0.05) is 181 Å². The molecule has 532 valence electrons. The molecule has 30 heteroatoms. The molecule has 5 rings (SSSR count). The lowest BCUT2D eigenvalue weighted by molar-refractivity contribution is -0.210. The molecule has 0 radical (unpaired) electrons. The van der Waals surface area contributed by atoms with Crippen molar-refractivity contribution in [2.45, 2.75) is 78.3 Å². The minimum absolute atomic E-state index is 0.00983. The lowest BCUT2D eigenvalue weighted by Gasteiger charge is -2.32. The van der Waals surface area contributed by atoms with E-state index in [0.29, 0.717) is 0 Å². The van der Waals surface area contributed by atoms with E-state index in [2.05, 4.69) is 42.7 Å². The smallest absolute Gasteiger partial charge is 0.432 e. The van der Waals surface area contributed by atoms with Gasteiger partial charge in [0.25, 0.3) is 0 Å². The molecule has 100 heavy (non-hydrogen) atoms. The molecule has 0 N–H and O–H groups in total. The molecular weight excluding hydrogens is 1380 g/mol. The van der Waals surface area contributed by atoms with Gasteiger partial charge in [0.1, 0.15) is 40.4 Å². The molecule has 2 atom stereocenters. The van der Waals surface area contributed by atoms with Gasteiger partial charge < -0.3 is 23.7 Å². The van der Waals surface area contributed by atoms with Gasteiger partial charge in [-0.15, -0.1) is 32.9 Å². The minimum Gasteiger partial charge on any atom is -0.432 e. The normalized spacial score (nSPS) is 12.3. The van der Waals surface area contributed by atoms with Crippen LogP contribution in [0.4, 0.5) is 24.0 Å². The maximum Gasteiger partial charge on any atom is 0.549 e. The Balaban J connectivity index is 1.46. The molecule has 0 saturated heterocycles. The molecule has 5 aromatic carbocycles. The summed E-state index contributed by atoms with van der Waals surface area (Å²) in [5, 5.41) is 4.67. The topological polar surface area (TPSA) is 309 Å². The van der Waals surface area contributed by atoms with Gasteiger partial charge in [0, 0.05) is 17.8 Å². The fraction of sp³-hybridized carbons (Fsp3) is 0.286. The molecule has 0 saturated carbocycles. The minimum atomic E-state index is -2.06. The number of carbonyl (C=O) groups excluding carboxylic acids is 10. The van der Waals surface area contributed by atoms with Crippen LogP contribution in [0.25, 0.3) is 0 Å². The molecule has 5 aromatic rings. The summed E-state index contributed by atoms with van der Waals surface area (Å²) in [7, 11) is -10.2. The second-order valence-corrected chi connectivity index (χ2v) is 47.6. The molecule has 0 aromatic heterocycles. The monoisotopic (exact) mass is 1460 g/mol. The van der Waals surface area contributed by atoms with Crippen molar-refractivity contribution in [3.8, 4) is 0 Å². The standard InChI is InChI=1S/C70H82O25Si5/c1-16-96(6,7)55-31-21-48(22-32-55)61(71)86-91-66(76)81-43-41-53(45-83-68(78)93-88-63(73)50-25-35-57(36-26-50)98(10,11)18-3)60(47-85-70(80)95-90-65(75)52-29-39-59(40-30-52)100(14,15)20-5)54(46-84-69(79)94-89-64(74)51-27-37-58(38-28-51)99(12,13)19-4)42-44-82-67(77)92-87-62(72)49-23-33-56(34-24-49)97(8,9)17-2/h16-40,53-54,60H,1-5,41-47H2,6-15H3. The SMILES string of the molecule is C=C[Si](C)(C)c1ccc(C(=O)OOC(=O)OCCC(COC(=O)OOC(=O)c2ccc([Si](C)(C)C=C)cc2)C(COC(=O)OOC(=O)c2ccc([Si](C)(C)C=C)cc2)C(CCOC(=O)OOC(=O)c2ccc([Si](C)(C)C=C)cc2)COC(=O)OOC(=O)c2ccc([Si](C)(C)C=C)cc2)cc1. The summed E-state index contributed by atoms with van der Waals surface area (Å²) in [5.41, 5.74) is 9.20. The molecule has 0 amide bonds. The van der Waals surface area contributed by atoms with Gasteiger partial charge in [0.15, 0.2) is 0 Å². The van der Waals surface area contributed by atoms with E-state index in [1.807, 2.05) is 94.0 Å². The number of rotatable bonds is 29. The highest BCUT2D eigenvalue weighted by Crippen LogP contribution is 2.30. The second kappa shape index (κ2) is 37.0. The zero-order chi connectivity index (χ0) is 74.0. The Morgan fingerprint density at radius 1 is 0.280 bits per heavy atom. The average Bonchev–Trinajstić information content (AvgIpc) is 0.867. The summed E-state index contributed by atoms with van der Waals surface area (Å²) >= 11 is 0. The summed E-state index contributed by atoms with van der Waals surface area (Å²) in [6, 6.07) is 31.6. The van der Waals surface area contributed by atoms with Gasteiger partial charge in [-0.05, 0) is 73.5 Å². The fourth-order valence-electron chi connectivity index (χ4n) is 9.09. The first-order valence-electron chi connectivity index (χ1n) is 31.2. The Hall–Kier alpha value is -10.4. The predicted molar refractivity (Wildman–Crippen MR) is 378 cm³/mol. The zero-order valence-electron chi connectivity index (χ0n) is 57.4. The Labute approximate surface area is 584 Å². The molecule has 25 nitrogen and oxygen atoms in total. The van der Waals surface area contributed by atoms with Crippen molar-refractivity contribution in [3.05, 3.63) is 211 Å². The number of hydrogen-bond donors (Lipinski definition) is 0. The van der Waals surface area contributed by atoms with Crippen molar-refractivity contribution in [2.75, 3.05) is 33.0 Å². The van der Waals surface area contributed by atoms with Gasteiger partial charge in [0.05, 0.1) is 60.9 Å². The molecule has 0 aliphatic heterocycles. The van der Waals surface area contributed by atoms with Crippen LogP contribution in [0.15, 0.2) is 183 Å². The van der Waals surface area contributed by atoms with Crippen LogP contribution in [-0.2, 0) is 72.6 Å². The van der Waals surface area contributed by atoms with E-state index in [9.17, 15) is 47.9 Å². The van der Waals surface area contributed by atoms with E-state index in [4.69, 9.17) is 62.8 Å². The van der Waals surface area contributed by atoms with E-state index in [0.717, 1.165) is 25.9 Å². The van der Waals surface area contributed by atoms with Crippen molar-refractivity contribution in [1.82, 2.24) is 0 Å². The molecule has 0 fully saturated rings. The Morgan fingerprint density at radius 2 is 0.460 bits per heavy atom. The molecule has 0 bridgehead atoms. The van der Waals surface area contributed by atoms with E-state index >= 15 is 0 Å². The van der Waals surface area contributed by atoms with Crippen LogP contribution < -0.4 is 25.9 Å². The first kappa shape index (κ1) is 80.3. The van der Waals surface area contributed by atoms with Gasteiger partial charge >= 0.3 is 60.6 Å². The quantitative estimate of drug-likeness (QED) is 0.0141. The van der Waals surface area contributed by atoms with E-state index in [1.165, 1.54) is 60.7 Å². The van der Waals surface area contributed by atoms with Gasteiger partial charge in [-0.3, -0.25) is 0 Å². The predicted octanol–water partition coefficient (Wildman–Crippen LogP) is 11.4. The highest BCUT2D eigenvalue weighted by Gasteiger charge is 2.36. The van der Waals surface area contributed by atoms with Crippen LogP contribution in [-0.4, -0.2) is 134 Å². The zero-order valence-corrected chi connectivity index (χ0v) is 62.4. The van der Waals surface area contributed by atoms with Crippen molar-refractivity contribution in [3.63, 3.8) is 0 Å². The van der Waals surface area contributed by atoms with Crippen LogP contribution in [0.5, 0.6) is 0 Å². The van der Waals surface area contributed by atoms with Gasteiger partial charge in [0.2, 0.25) is 0 Å². The number of hydrogen-bond acceptors (Lipinski definition) is 25. The largest absolute Gasteiger partial charge is 0.549 e. The summed E-state index contributed by atoms with van der Waals surface area (Å²) in [4.78, 5) is 179. The Bertz CT molecular complexity index is 3560. The summed E-state index contributed by atoms with van der Waals surface area (Å²) < 4.78 is 26.9. The van der Waals surface area contributed by atoms with Gasteiger partial charge in [-0.2, -0.15) is 24.0 Å². The third-order valence-electron chi connectivity index (χ3n) is 16.7. The Morgan fingerprint density at radius 3 is 0.650 bits per heavy atom. The number of ether oxygens (including phenoxy) is 5. The summed E-state index contributed by atoms with van der Waals surface area (Å²) in [6.07, 6.45) is -8.95. The molecule has 0 heterocycles. The lowest BCUT2D eigenvalue weighted by Crippen LogP contribution is -2.39. The summed E-state index contributed by atoms with van der Waals surface area (Å²) in [5.74, 6) is -9.61. The molecule has 0 aliphatic carbocycles. The third kappa shape index (κ3) is 24.2. The van der Waals surface area contributed by atoms with E-state index in [-0.39, 0.29) is 27.8 Å². The van der Waals surface area contributed by atoms with Crippen molar-refractivity contribution in [1.29, 1.82) is 0 Å².